The maximum absolute atomic E-state index is 13.8. The second kappa shape index (κ2) is 9.07. The third-order valence-electron chi connectivity index (χ3n) is 3.67. The highest BCUT2D eigenvalue weighted by atomic mass is 35.5. The van der Waals surface area contributed by atoms with E-state index >= 15 is 0 Å². The van der Waals surface area contributed by atoms with Crippen LogP contribution in [0.5, 0.6) is 6.01 Å². The SMILES string of the molecule is CCN(CC)c1nc(Nc2cccc(Cl)c2)nc(OCC(C)(F)C(F)F)n1. The Kier molecular flexibility index (Phi) is 7.06. The molecule has 148 valence electrons. The average Bonchev–Trinajstić information content (AvgIpc) is 2.61. The first-order chi connectivity index (χ1) is 12.7. The number of hydrogen-bond acceptors (Lipinski definition) is 6. The first kappa shape index (κ1) is 21.0. The monoisotopic (exact) mass is 403 g/mol. The number of hydrogen-bond donors (Lipinski definition) is 1. The number of aromatic nitrogens is 3. The molecule has 0 spiro atoms. The molecule has 0 aliphatic heterocycles. The lowest BCUT2D eigenvalue weighted by molar-refractivity contribution is -0.0498. The zero-order chi connectivity index (χ0) is 20.0. The lowest BCUT2D eigenvalue weighted by atomic mass is 10.2. The van der Waals surface area contributed by atoms with Crippen LogP contribution < -0.4 is 15.0 Å². The van der Waals surface area contributed by atoms with Gasteiger partial charge in [0, 0.05) is 23.8 Å². The fourth-order valence-corrected chi connectivity index (χ4v) is 2.27. The number of rotatable bonds is 9. The van der Waals surface area contributed by atoms with E-state index in [1.165, 1.54) is 0 Å². The number of alkyl halides is 3. The van der Waals surface area contributed by atoms with Crippen LogP contribution in [0.4, 0.5) is 30.8 Å². The summed E-state index contributed by atoms with van der Waals surface area (Å²) in [7, 11) is 0. The van der Waals surface area contributed by atoms with Gasteiger partial charge in [0.25, 0.3) is 6.43 Å². The van der Waals surface area contributed by atoms with Crippen LogP contribution in [0.25, 0.3) is 0 Å². The second-order valence-corrected chi connectivity index (χ2v) is 6.35. The maximum Gasteiger partial charge on any atom is 0.323 e. The van der Waals surface area contributed by atoms with Crippen molar-refractivity contribution in [1.29, 1.82) is 0 Å². The van der Waals surface area contributed by atoms with E-state index in [0.717, 1.165) is 6.92 Å². The predicted molar refractivity (Wildman–Crippen MR) is 99.1 cm³/mol. The van der Waals surface area contributed by atoms with Crippen molar-refractivity contribution in [2.75, 3.05) is 29.9 Å². The third kappa shape index (κ3) is 5.85. The van der Waals surface area contributed by atoms with Gasteiger partial charge in [0.1, 0.15) is 6.61 Å². The van der Waals surface area contributed by atoms with E-state index in [1.54, 1.807) is 24.3 Å². The van der Waals surface area contributed by atoms with Crippen molar-refractivity contribution < 1.29 is 17.9 Å². The molecule has 0 amide bonds. The van der Waals surface area contributed by atoms with Crippen LogP contribution in [-0.2, 0) is 0 Å². The number of nitrogens with one attached hydrogen (secondary N) is 1. The standard InChI is InChI=1S/C17H21ClF3N5O/c1-4-26(5-2)15-23-14(22-12-8-6-7-11(18)9-12)24-16(25-15)27-10-17(3,21)13(19)20/h6-9,13H,4-5,10H2,1-3H3,(H,22,23,24,25). The zero-order valence-corrected chi connectivity index (χ0v) is 16.0. The number of halogens is 4. The summed E-state index contributed by atoms with van der Waals surface area (Å²) in [6.45, 7) is 4.90. The number of benzene rings is 1. The molecule has 2 rings (SSSR count). The van der Waals surface area contributed by atoms with Crippen molar-refractivity contribution in [2.45, 2.75) is 32.9 Å². The van der Waals surface area contributed by atoms with Crippen molar-refractivity contribution in [3.05, 3.63) is 29.3 Å². The van der Waals surface area contributed by atoms with Gasteiger partial charge in [-0.1, -0.05) is 17.7 Å². The van der Waals surface area contributed by atoms with Crippen molar-refractivity contribution >= 4 is 29.2 Å². The predicted octanol–water partition coefficient (Wildman–Crippen LogP) is 4.49. The summed E-state index contributed by atoms with van der Waals surface area (Å²) in [4.78, 5) is 14.3. The van der Waals surface area contributed by atoms with Crippen molar-refractivity contribution in [3.63, 3.8) is 0 Å². The van der Waals surface area contributed by atoms with Crippen LogP contribution in [0, 0.1) is 0 Å². The Morgan fingerprint density at radius 3 is 2.52 bits per heavy atom. The van der Waals surface area contributed by atoms with E-state index in [-0.39, 0.29) is 17.9 Å². The van der Waals surface area contributed by atoms with Gasteiger partial charge in [-0.2, -0.15) is 15.0 Å². The average molecular weight is 404 g/mol. The quantitative estimate of drug-likeness (QED) is 0.665. The first-order valence-corrected chi connectivity index (χ1v) is 8.76. The highest BCUT2D eigenvalue weighted by molar-refractivity contribution is 6.30. The molecule has 10 heteroatoms. The van der Waals surface area contributed by atoms with Crippen molar-refractivity contribution in [2.24, 2.45) is 0 Å². The fraction of sp³-hybridized carbons (Fsp3) is 0.471. The number of nitrogens with zero attached hydrogens (tertiary/aromatic N) is 4. The Morgan fingerprint density at radius 2 is 1.93 bits per heavy atom. The molecular formula is C17H21ClF3N5O. The maximum atomic E-state index is 13.8. The molecule has 1 unspecified atom stereocenters. The molecule has 27 heavy (non-hydrogen) atoms. The van der Waals surface area contributed by atoms with Crippen LogP contribution in [0.15, 0.2) is 24.3 Å². The molecule has 0 aliphatic rings. The minimum Gasteiger partial charge on any atom is -0.460 e. The lowest BCUT2D eigenvalue weighted by Gasteiger charge is -2.21. The summed E-state index contributed by atoms with van der Waals surface area (Å²) in [6, 6.07) is 6.62. The van der Waals surface area contributed by atoms with E-state index in [9.17, 15) is 13.2 Å². The number of ether oxygens (including phenoxy) is 1. The fourth-order valence-electron chi connectivity index (χ4n) is 2.08. The smallest absolute Gasteiger partial charge is 0.323 e. The molecule has 1 aromatic heterocycles. The highest BCUT2D eigenvalue weighted by Crippen LogP contribution is 2.24. The van der Waals surface area contributed by atoms with Crippen molar-refractivity contribution in [1.82, 2.24) is 15.0 Å². The molecule has 0 bridgehead atoms. The minimum absolute atomic E-state index is 0.127. The molecule has 6 nitrogen and oxygen atoms in total. The normalized spacial score (nSPS) is 13.3. The van der Waals surface area contributed by atoms with E-state index in [0.29, 0.717) is 23.8 Å². The van der Waals surface area contributed by atoms with Gasteiger partial charge in [-0.05, 0) is 39.0 Å². The Morgan fingerprint density at radius 1 is 1.22 bits per heavy atom. The van der Waals surface area contributed by atoms with E-state index in [2.05, 4.69) is 20.3 Å². The summed E-state index contributed by atoms with van der Waals surface area (Å²) in [6.07, 6.45) is -3.19. The molecule has 1 aromatic carbocycles. The first-order valence-electron chi connectivity index (χ1n) is 8.38. The minimum atomic E-state index is -3.19. The van der Waals surface area contributed by atoms with Crippen LogP contribution in [0.1, 0.15) is 20.8 Å². The molecule has 0 aliphatic carbocycles. The van der Waals surface area contributed by atoms with Gasteiger partial charge in [-0.25, -0.2) is 13.2 Å². The van der Waals surface area contributed by atoms with Gasteiger partial charge in [0.2, 0.25) is 17.6 Å². The topological polar surface area (TPSA) is 63.2 Å². The van der Waals surface area contributed by atoms with Gasteiger partial charge >= 0.3 is 6.01 Å². The van der Waals surface area contributed by atoms with Gasteiger partial charge < -0.3 is 15.0 Å². The lowest BCUT2D eigenvalue weighted by Crippen LogP contribution is -2.35. The zero-order valence-electron chi connectivity index (χ0n) is 15.2. The van der Waals surface area contributed by atoms with Crippen LogP contribution in [-0.4, -0.2) is 46.7 Å². The van der Waals surface area contributed by atoms with E-state index in [1.807, 2.05) is 18.7 Å². The molecule has 1 heterocycles. The Labute approximate surface area is 160 Å². The molecule has 1 atom stereocenters. The Balaban J connectivity index is 2.30. The van der Waals surface area contributed by atoms with E-state index < -0.39 is 18.7 Å². The van der Waals surface area contributed by atoms with E-state index in [4.69, 9.17) is 16.3 Å². The third-order valence-corrected chi connectivity index (χ3v) is 3.90. The summed E-state index contributed by atoms with van der Waals surface area (Å²) >= 11 is 5.96. The summed E-state index contributed by atoms with van der Waals surface area (Å²) in [5.74, 6) is 0.411. The highest BCUT2D eigenvalue weighted by Gasteiger charge is 2.36. The van der Waals surface area contributed by atoms with Crippen LogP contribution in [0.2, 0.25) is 5.02 Å². The molecule has 0 saturated carbocycles. The summed E-state index contributed by atoms with van der Waals surface area (Å²) in [5, 5.41) is 3.47. The largest absolute Gasteiger partial charge is 0.460 e. The Hall–Kier alpha value is -2.29. The van der Waals surface area contributed by atoms with Gasteiger partial charge in [0.05, 0.1) is 0 Å². The summed E-state index contributed by atoms with van der Waals surface area (Å²) < 4.78 is 44.3. The van der Waals surface area contributed by atoms with Gasteiger partial charge in [0.15, 0.2) is 0 Å². The second-order valence-electron chi connectivity index (χ2n) is 5.92. The van der Waals surface area contributed by atoms with Crippen molar-refractivity contribution in [3.8, 4) is 6.01 Å². The molecular weight excluding hydrogens is 383 g/mol. The molecule has 2 aromatic rings. The Bertz CT molecular complexity index is 759. The molecule has 0 saturated heterocycles. The molecule has 0 radical (unpaired) electrons. The molecule has 0 fully saturated rings. The van der Waals surface area contributed by atoms with Crippen LogP contribution >= 0.6 is 11.6 Å². The van der Waals surface area contributed by atoms with Gasteiger partial charge in [-0.3, -0.25) is 0 Å². The molecule has 1 N–H and O–H groups in total. The number of anilines is 3. The summed E-state index contributed by atoms with van der Waals surface area (Å²) in [5.41, 5.74) is -2.20. The van der Waals surface area contributed by atoms with Crippen LogP contribution in [0.3, 0.4) is 0 Å². The van der Waals surface area contributed by atoms with Gasteiger partial charge in [-0.15, -0.1) is 0 Å².